The van der Waals surface area contributed by atoms with Gasteiger partial charge in [0.25, 0.3) is 0 Å². The predicted octanol–water partition coefficient (Wildman–Crippen LogP) is 3.68. The Kier molecular flexibility index (Phi) is 21.0. The van der Waals surface area contributed by atoms with Gasteiger partial charge < -0.3 is 55.3 Å². The quantitative estimate of drug-likeness (QED) is 0.0897. The smallest absolute Gasteiger partial charge is 0.311 e. The van der Waals surface area contributed by atoms with Gasteiger partial charge in [0.15, 0.2) is 6.29 Å². The lowest BCUT2D eigenvalue weighted by atomic mass is 9.78. The van der Waals surface area contributed by atoms with Crippen LogP contribution in [-0.2, 0) is 25.5 Å². The maximum Gasteiger partial charge on any atom is 0.311 e. The average Bonchev–Trinajstić information content (AvgIpc) is 3.17. The molecule has 3 rings (SSSR count). The van der Waals surface area contributed by atoms with E-state index in [-0.39, 0.29) is 30.9 Å². The van der Waals surface area contributed by atoms with Crippen molar-refractivity contribution in [3.63, 3.8) is 0 Å². The first-order valence-electron chi connectivity index (χ1n) is 22.2. The van der Waals surface area contributed by atoms with E-state index >= 15 is 0 Å². The highest BCUT2D eigenvalue weighted by Gasteiger charge is 2.50. The number of ether oxygens (including phenoxy) is 3. The Bertz CT molecular complexity index is 1310. The zero-order valence-electron chi connectivity index (χ0n) is 37.5. The summed E-state index contributed by atoms with van der Waals surface area (Å²) in [4.78, 5) is 17.7. The zero-order chi connectivity index (χ0) is 43.2. The molecular weight excluding hydrogens is 741 g/mol. The predicted molar refractivity (Wildman–Crippen MR) is 228 cm³/mol. The number of aliphatic hydroxyl groups excluding tert-OH is 3. The van der Waals surface area contributed by atoms with Crippen LogP contribution in [0.5, 0.6) is 0 Å². The van der Waals surface area contributed by atoms with E-state index in [2.05, 4.69) is 39.8 Å². The van der Waals surface area contributed by atoms with Gasteiger partial charge in [-0.2, -0.15) is 0 Å². The maximum atomic E-state index is 13.6. The molecule has 1 aromatic carbocycles. The van der Waals surface area contributed by atoms with Crippen LogP contribution in [0.1, 0.15) is 112 Å². The van der Waals surface area contributed by atoms with E-state index in [0.717, 1.165) is 51.9 Å². The van der Waals surface area contributed by atoms with Crippen LogP contribution in [0.15, 0.2) is 30.3 Å². The average molecular weight is 823 g/mol. The van der Waals surface area contributed by atoms with Gasteiger partial charge in [0.2, 0.25) is 0 Å². The highest BCUT2D eigenvalue weighted by molar-refractivity contribution is 5.73. The van der Waals surface area contributed by atoms with Gasteiger partial charge in [0.05, 0.1) is 29.8 Å². The second-order valence-electron chi connectivity index (χ2n) is 18.4. The van der Waals surface area contributed by atoms with Crippen LogP contribution in [0.3, 0.4) is 0 Å². The lowest BCUT2D eigenvalue weighted by molar-refractivity contribution is -0.299. The number of hydrogen-bond donors (Lipinski definition) is 7. The molecule has 0 aromatic heterocycles. The molecule has 0 unspecified atom stereocenters. The summed E-state index contributed by atoms with van der Waals surface area (Å²) < 4.78 is 18.5. The number of carbonyl (C=O) groups excluding carboxylic acids is 1. The van der Waals surface area contributed by atoms with Crippen molar-refractivity contribution < 1.29 is 44.5 Å². The molecule has 2 fully saturated rings. The summed E-state index contributed by atoms with van der Waals surface area (Å²) in [5.41, 5.74) is -2.02. The highest BCUT2D eigenvalue weighted by atomic mass is 16.7. The molecule has 0 radical (unpaired) electrons. The number of nitrogens with zero attached hydrogens (tertiary/aromatic N) is 2. The Morgan fingerprint density at radius 1 is 0.897 bits per heavy atom. The molecule has 0 bridgehead atoms. The summed E-state index contributed by atoms with van der Waals surface area (Å²) in [5, 5.41) is 66.1. The molecule has 2 saturated heterocycles. The SMILES string of the molecule is CC[C@@H]1OC(=O)[C@H](C)[C@@H](O)[C@H](C)[C@@H](O[C@@H]2O[C@H](C)C[C@H](N(C)C)[C@H]2O)[C@](C)(O)C[C@@H](C)CN(CCCNCCCCCCNCc2ccccc2)[C@@H](C)[C@@H](O)[C@]1(C)O. The van der Waals surface area contributed by atoms with E-state index in [1.165, 1.54) is 18.9 Å². The molecule has 0 saturated carbocycles. The summed E-state index contributed by atoms with van der Waals surface area (Å²) in [6.07, 6.45) is -0.549. The number of hydrogen-bond acceptors (Lipinski definition) is 13. The highest BCUT2D eigenvalue weighted by Crippen LogP contribution is 2.37. The van der Waals surface area contributed by atoms with E-state index in [0.29, 0.717) is 19.5 Å². The standard InChI is InChI=1S/C45H82N4O9/c1-11-37-45(8,55)40(52)34(6)49(25-19-24-46-22-17-12-13-18-23-47-28-35-20-15-14-16-21-35)29-30(2)27-44(7,54)41(32(4)38(50)33(5)42(53)57-37)58-43-39(51)36(48(9)10)26-31(3)56-43/h14-16,20-21,30-34,36-41,43,46-47,50-52,54-55H,11-13,17-19,22-29H2,1-10H3/t30-,31-,32+,33-,34+,36+,37+,38+,39-,40-,41-,43+,44-,45-/m1/s1. The van der Waals surface area contributed by atoms with E-state index in [1.807, 2.05) is 45.8 Å². The Morgan fingerprint density at radius 2 is 1.52 bits per heavy atom. The molecule has 336 valence electrons. The fraction of sp³-hybridized carbons (Fsp3) is 0.844. The molecule has 0 spiro atoms. The number of unbranched alkanes of at least 4 members (excludes halogenated alkanes) is 3. The van der Waals surface area contributed by atoms with E-state index in [9.17, 15) is 30.3 Å². The van der Waals surface area contributed by atoms with E-state index in [1.54, 1.807) is 27.7 Å². The number of esters is 1. The van der Waals surface area contributed by atoms with Crippen molar-refractivity contribution in [1.29, 1.82) is 0 Å². The Hall–Kier alpha value is -1.75. The monoisotopic (exact) mass is 823 g/mol. The van der Waals surface area contributed by atoms with E-state index in [4.69, 9.17) is 14.2 Å². The number of benzene rings is 1. The molecule has 0 amide bonds. The Labute approximate surface area is 350 Å². The third kappa shape index (κ3) is 14.7. The Morgan fingerprint density at radius 3 is 2.14 bits per heavy atom. The summed E-state index contributed by atoms with van der Waals surface area (Å²) >= 11 is 0. The van der Waals surface area contributed by atoms with Crippen molar-refractivity contribution in [3.8, 4) is 0 Å². The van der Waals surface area contributed by atoms with Crippen LogP contribution in [0.4, 0.5) is 0 Å². The van der Waals surface area contributed by atoms with Gasteiger partial charge in [-0.1, -0.05) is 63.9 Å². The van der Waals surface area contributed by atoms with Crippen LogP contribution >= 0.6 is 0 Å². The topological polar surface area (TPSA) is 176 Å². The fourth-order valence-corrected chi connectivity index (χ4v) is 9.11. The molecular formula is C45H82N4O9. The molecule has 58 heavy (non-hydrogen) atoms. The van der Waals surface area contributed by atoms with Gasteiger partial charge in [-0.15, -0.1) is 0 Å². The molecule has 13 heteroatoms. The van der Waals surface area contributed by atoms with E-state index < -0.39 is 71.9 Å². The minimum Gasteiger partial charge on any atom is -0.459 e. The van der Waals surface area contributed by atoms with Crippen molar-refractivity contribution in [2.75, 3.05) is 46.8 Å². The first-order valence-corrected chi connectivity index (χ1v) is 22.2. The summed E-state index contributed by atoms with van der Waals surface area (Å²) in [6, 6.07) is 9.67. The molecule has 7 N–H and O–H groups in total. The summed E-state index contributed by atoms with van der Waals surface area (Å²) in [5.74, 6) is -2.72. The largest absolute Gasteiger partial charge is 0.459 e. The molecule has 2 heterocycles. The second kappa shape index (κ2) is 24.0. The van der Waals surface area contributed by atoms with Gasteiger partial charge >= 0.3 is 5.97 Å². The van der Waals surface area contributed by atoms with Crippen molar-refractivity contribution in [1.82, 2.24) is 20.4 Å². The number of aliphatic hydroxyl groups is 5. The third-order valence-electron chi connectivity index (χ3n) is 12.7. The van der Waals surface area contributed by atoms with Crippen LogP contribution < -0.4 is 10.6 Å². The first-order chi connectivity index (χ1) is 27.3. The number of likely N-dealkylation sites (N-methyl/N-ethyl adjacent to an activating group) is 1. The lowest BCUT2D eigenvalue weighted by Crippen LogP contribution is -2.59. The summed E-state index contributed by atoms with van der Waals surface area (Å²) in [6.45, 7) is 18.8. The maximum absolute atomic E-state index is 13.6. The first kappa shape index (κ1) is 50.6. The Balaban J connectivity index is 1.72. The number of rotatable bonds is 17. The second-order valence-corrected chi connectivity index (χ2v) is 18.4. The lowest BCUT2D eigenvalue weighted by Gasteiger charge is -2.46. The number of carbonyl (C=O) groups is 1. The van der Waals surface area contributed by atoms with Crippen molar-refractivity contribution in [2.24, 2.45) is 17.8 Å². The molecule has 14 atom stereocenters. The van der Waals surface area contributed by atoms with Crippen molar-refractivity contribution in [3.05, 3.63) is 35.9 Å². The molecule has 0 aliphatic carbocycles. The van der Waals surface area contributed by atoms with Crippen molar-refractivity contribution in [2.45, 2.75) is 180 Å². The number of nitrogens with one attached hydrogen (secondary N) is 2. The van der Waals surface area contributed by atoms with Gasteiger partial charge in [-0.3, -0.25) is 9.69 Å². The van der Waals surface area contributed by atoms with Crippen LogP contribution in [0.25, 0.3) is 0 Å². The van der Waals surface area contributed by atoms with Crippen LogP contribution in [0.2, 0.25) is 0 Å². The summed E-state index contributed by atoms with van der Waals surface area (Å²) in [7, 11) is 3.78. The van der Waals surface area contributed by atoms with Gasteiger partial charge in [-0.25, -0.2) is 0 Å². The van der Waals surface area contributed by atoms with Crippen LogP contribution in [0, 0.1) is 17.8 Å². The minimum absolute atomic E-state index is 0.131. The van der Waals surface area contributed by atoms with Gasteiger partial charge in [-0.05, 0) is 125 Å². The third-order valence-corrected chi connectivity index (χ3v) is 12.7. The van der Waals surface area contributed by atoms with Gasteiger partial charge in [0, 0.05) is 31.1 Å². The van der Waals surface area contributed by atoms with Crippen LogP contribution in [-0.4, -0.2) is 154 Å². The molecule has 2 aliphatic rings. The van der Waals surface area contributed by atoms with Crippen molar-refractivity contribution >= 4 is 5.97 Å². The minimum atomic E-state index is -1.79. The fourth-order valence-electron chi connectivity index (χ4n) is 9.11. The molecule has 2 aliphatic heterocycles. The van der Waals surface area contributed by atoms with Gasteiger partial charge in [0.1, 0.15) is 23.9 Å². The zero-order valence-corrected chi connectivity index (χ0v) is 37.5. The normalized spacial score (nSPS) is 37.6. The number of cyclic esters (lactones) is 1. The molecule has 1 aromatic rings. The molecule has 13 nitrogen and oxygen atoms in total.